The smallest absolute Gasteiger partial charge is 0.307 e. The first-order chi connectivity index (χ1) is 18.5. The summed E-state index contributed by atoms with van der Waals surface area (Å²) in [6, 6.07) is 13.3. The molecule has 1 saturated heterocycles. The summed E-state index contributed by atoms with van der Waals surface area (Å²) in [5.41, 5.74) is 3.79. The van der Waals surface area contributed by atoms with Crippen LogP contribution in [0.15, 0.2) is 42.5 Å². The first-order valence-electron chi connectivity index (χ1n) is 13.9. The number of amides is 2. The summed E-state index contributed by atoms with van der Waals surface area (Å²) in [5, 5.41) is 13.2. The van der Waals surface area contributed by atoms with Crippen molar-refractivity contribution in [2.75, 3.05) is 26.2 Å². The molecular weight excluding hydrogens is 482 g/mol. The monoisotopic (exact) mass is 517 g/mol. The predicted molar refractivity (Wildman–Crippen MR) is 141 cm³/mol. The third-order valence-corrected chi connectivity index (χ3v) is 8.77. The summed E-state index contributed by atoms with van der Waals surface area (Å²) < 4.78 is 6.49. The molecule has 2 amide bonds. The van der Waals surface area contributed by atoms with Crippen LogP contribution in [0.2, 0.25) is 0 Å². The molecule has 1 saturated carbocycles. The molecule has 4 atom stereocenters. The highest BCUT2D eigenvalue weighted by Gasteiger charge is 2.43. The molecule has 3 heterocycles. The topological polar surface area (TPSA) is 99.2 Å². The molecule has 200 valence electrons. The van der Waals surface area contributed by atoms with Crippen LogP contribution in [-0.2, 0) is 22.6 Å². The number of carboxylic acids is 1. The van der Waals surface area contributed by atoms with Crippen molar-refractivity contribution < 1.29 is 24.2 Å². The van der Waals surface area contributed by atoms with Gasteiger partial charge in [-0.2, -0.15) is 0 Å². The van der Waals surface area contributed by atoms with E-state index in [1.807, 2.05) is 46.2 Å². The van der Waals surface area contributed by atoms with E-state index in [1.165, 1.54) is 0 Å². The number of fused-ring (bicyclic) bond motifs is 2. The number of carbonyl (C=O) groups excluding carboxylic acids is 2. The quantitative estimate of drug-likeness (QED) is 0.610. The maximum Gasteiger partial charge on any atom is 0.307 e. The fraction of sp³-hybridized carbons (Fsp3) is 0.500. The molecular formula is C30H35N3O5. The number of benzene rings is 2. The summed E-state index contributed by atoms with van der Waals surface area (Å²) in [4.78, 5) is 43.3. The van der Waals surface area contributed by atoms with E-state index in [9.17, 15) is 19.5 Å². The van der Waals surface area contributed by atoms with Crippen molar-refractivity contribution in [2.45, 2.75) is 57.2 Å². The zero-order valence-electron chi connectivity index (χ0n) is 21.6. The maximum absolute atomic E-state index is 14.1. The second kappa shape index (κ2) is 10.4. The first-order valence-corrected chi connectivity index (χ1v) is 13.9. The number of rotatable bonds is 6. The van der Waals surface area contributed by atoms with Crippen LogP contribution in [0.5, 0.6) is 5.75 Å². The molecule has 4 aliphatic rings. The Labute approximate surface area is 222 Å². The van der Waals surface area contributed by atoms with Crippen molar-refractivity contribution in [3.63, 3.8) is 0 Å². The second-order valence-corrected chi connectivity index (χ2v) is 11.0. The molecule has 38 heavy (non-hydrogen) atoms. The zero-order chi connectivity index (χ0) is 26.2. The maximum atomic E-state index is 14.1. The number of carboxylic acid groups (broad SMARTS) is 1. The van der Waals surface area contributed by atoms with Gasteiger partial charge in [-0.3, -0.25) is 14.4 Å². The van der Waals surface area contributed by atoms with E-state index in [4.69, 9.17) is 4.74 Å². The van der Waals surface area contributed by atoms with Crippen molar-refractivity contribution in [3.05, 3.63) is 64.7 Å². The molecule has 8 nitrogen and oxygen atoms in total. The Kier molecular flexibility index (Phi) is 6.82. The third kappa shape index (κ3) is 4.55. The molecule has 2 aromatic carbocycles. The number of hydrogen-bond donors (Lipinski definition) is 2. The van der Waals surface area contributed by atoms with Crippen molar-refractivity contribution in [2.24, 2.45) is 11.8 Å². The highest BCUT2D eigenvalue weighted by molar-refractivity contribution is 5.98. The lowest BCUT2D eigenvalue weighted by molar-refractivity contribution is -0.153. The minimum absolute atomic E-state index is 0.0282. The van der Waals surface area contributed by atoms with Crippen LogP contribution in [-0.4, -0.2) is 65.0 Å². The Hall–Kier alpha value is -3.39. The van der Waals surface area contributed by atoms with Gasteiger partial charge in [0, 0.05) is 37.3 Å². The highest BCUT2D eigenvalue weighted by atomic mass is 16.5. The van der Waals surface area contributed by atoms with Gasteiger partial charge >= 0.3 is 5.97 Å². The van der Waals surface area contributed by atoms with E-state index in [0.29, 0.717) is 44.5 Å². The Morgan fingerprint density at radius 3 is 2.55 bits per heavy atom. The van der Waals surface area contributed by atoms with Crippen LogP contribution in [0.25, 0.3) is 0 Å². The number of aliphatic carboxylic acids is 1. The second-order valence-electron chi connectivity index (χ2n) is 11.0. The van der Waals surface area contributed by atoms with E-state index in [1.54, 1.807) is 0 Å². The van der Waals surface area contributed by atoms with E-state index < -0.39 is 23.8 Å². The van der Waals surface area contributed by atoms with Crippen LogP contribution in [0.3, 0.4) is 0 Å². The van der Waals surface area contributed by atoms with E-state index in [-0.39, 0.29) is 17.9 Å². The largest absolute Gasteiger partial charge is 0.489 e. The van der Waals surface area contributed by atoms with Gasteiger partial charge in [0.05, 0.1) is 17.9 Å². The molecule has 0 spiro atoms. The summed E-state index contributed by atoms with van der Waals surface area (Å²) in [5.74, 6) is -1.45. The van der Waals surface area contributed by atoms with Gasteiger partial charge in [-0.25, -0.2) is 0 Å². The molecule has 1 aliphatic carbocycles. The minimum Gasteiger partial charge on any atom is -0.489 e. The molecule has 2 fully saturated rings. The van der Waals surface area contributed by atoms with Crippen molar-refractivity contribution in [1.82, 2.24) is 15.1 Å². The highest BCUT2D eigenvalue weighted by Crippen LogP contribution is 2.42. The van der Waals surface area contributed by atoms with Crippen molar-refractivity contribution >= 4 is 17.8 Å². The normalized spacial score (nSPS) is 26.7. The average molecular weight is 518 g/mol. The predicted octanol–water partition coefficient (Wildman–Crippen LogP) is 3.40. The van der Waals surface area contributed by atoms with Crippen LogP contribution >= 0.6 is 0 Å². The van der Waals surface area contributed by atoms with Crippen LogP contribution in [0.4, 0.5) is 0 Å². The van der Waals surface area contributed by atoms with Gasteiger partial charge < -0.3 is 25.0 Å². The SMILES string of the molecule is O=C(O)C1CCCCC1C(=O)N1CCc2cccc(O[C@H]3CCNC3)c2[C@H]1CN1Cc2ccccc2C1=O. The lowest BCUT2D eigenvalue weighted by Crippen LogP contribution is -2.50. The standard InChI is InChI=1S/C30H35N3O5/c34-28-22-8-2-1-6-20(22)17-32(28)18-25-27-19(7-5-11-26(27)38-21-12-14-31-16-21)13-15-33(25)29(35)23-9-3-4-10-24(23)30(36)37/h1-2,5-8,11,21,23-25,31H,3-4,9-10,12-18H2,(H,36,37)/t21-,23?,24?,25+/m0/s1. The number of carbonyl (C=O) groups is 3. The molecule has 2 unspecified atom stereocenters. The Bertz CT molecular complexity index is 1240. The molecule has 3 aliphatic heterocycles. The fourth-order valence-corrected chi connectivity index (χ4v) is 6.81. The third-order valence-electron chi connectivity index (χ3n) is 8.77. The lowest BCUT2D eigenvalue weighted by Gasteiger charge is -2.43. The molecule has 2 aromatic rings. The van der Waals surface area contributed by atoms with Crippen LogP contribution < -0.4 is 10.1 Å². The molecule has 6 rings (SSSR count). The van der Waals surface area contributed by atoms with Gasteiger partial charge in [0.15, 0.2) is 0 Å². The number of hydrogen-bond acceptors (Lipinski definition) is 5. The van der Waals surface area contributed by atoms with E-state index >= 15 is 0 Å². The summed E-state index contributed by atoms with van der Waals surface area (Å²) in [6.45, 7) is 3.04. The Morgan fingerprint density at radius 2 is 1.79 bits per heavy atom. The molecule has 8 heteroatoms. The Morgan fingerprint density at radius 1 is 1.00 bits per heavy atom. The van der Waals surface area contributed by atoms with Gasteiger partial charge in [-0.05, 0) is 55.5 Å². The Balaban J connectivity index is 1.36. The number of nitrogens with zero attached hydrogens (tertiary/aromatic N) is 2. The van der Waals surface area contributed by atoms with Gasteiger partial charge in [0.2, 0.25) is 5.91 Å². The van der Waals surface area contributed by atoms with Crippen LogP contribution in [0, 0.1) is 11.8 Å². The summed E-state index contributed by atoms with van der Waals surface area (Å²) in [6.07, 6.45) is 4.46. The van der Waals surface area contributed by atoms with Gasteiger partial charge in [0.1, 0.15) is 11.9 Å². The average Bonchev–Trinajstić information content (AvgIpc) is 3.56. The molecule has 0 aromatic heterocycles. The van der Waals surface area contributed by atoms with Gasteiger partial charge in [-0.1, -0.05) is 43.2 Å². The summed E-state index contributed by atoms with van der Waals surface area (Å²) >= 11 is 0. The van der Waals surface area contributed by atoms with E-state index in [0.717, 1.165) is 54.8 Å². The lowest BCUT2D eigenvalue weighted by atomic mass is 9.77. The molecule has 0 radical (unpaired) electrons. The zero-order valence-corrected chi connectivity index (χ0v) is 21.6. The number of ether oxygens (including phenoxy) is 1. The first kappa shape index (κ1) is 24.9. The van der Waals surface area contributed by atoms with Crippen molar-refractivity contribution in [1.29, 1.82) is 0 Å². The van der Waals surface area contributed by atoms with Gasteiger partial charge in [-0.15, -0.1) is 0 Å². The summed E-state index contributed by atoms with van der Waals surface area (Å²) in [7, 11) is 0. The minimum atomic E-state index is -0.889. The number of nitrogens with one attached hydrogen (secondary N) is 1. The van der Waals surface area contributed by atoms with Gasteiger partial charge in [0.25, 0.3) is 5.91 Å². The molecule has 0 bridgehead atoms. The van der Waals surface area contributed by atoms with Crippen LogP contribution in [0.1, 0.15) is 65.2 Å². The van der Waals surface area contributed by atoms with E-state index in [2.05, 4.69) is 11.4 Å². The van der Waals surface area contributed by atoms with Crippen molar-refractivity contribution in [3.8, 4) is 5.75 Å². The fourth-order valence-electron chi connectivity index (χ4n) is 6.81. The molecule has 2 N–H and O–H groups in total.